The summed E-state index contributed by atoms with van der Waals surface area (Å²) in [5, 5.41) is 8.82. The largest absolute Gasteiger partial charge is 0.497 e. The highest BCUT2D eigenvalue weighted by Gasteiger charge is 2.14. The molecule has 3 aromatic rings. The van der Waals surface area contributed by atoms with Crippen molar-refractivity contribution in [3.63, 3.8) is 0 Å². The van der Waals surface area contributed by atoms with Gasteiger partial charge in [-0.25, -0.2) is 9.78 Å². The Kier molecular flexibility index (Phi) is 5.58. The summed E-state index contributed by atoms with van der Waals surface area (Å²) >= 11 is 3.41. The Labute approximate surface area is 158 Å². The predicted molar refractivity (Wildman–Crippen MR) is 98.6 cm³/mol. The van der Waals surface area contributed by atoms with Crippen molar-refractivity contribution in [1.82, 2.24) is 4.98 Å². The Hall–Kier alpha value is -2.80. The van der Waals surface area contributed by atoms with E-state index in [2.05, 4.69) is 20.9 Å². The molecule has 1 N–H and O–H groups in total. The second-order valence-corrected chi connectivity index (χ2v) is 6.39. The van der Waals surface area contributed by atoms with E-state index in [-0.39, 0.29) is 0 Å². The van der Waals surface area contributed by atoms with Crippen LogP contribution in [0.3, 0.4) is 0 Å². The first-order valence-electron chi connectivity index (χ1n) is 7.77. The molecule has 3 rings (SSSR count). The molecule has 0 saturated heterocycles. The van der Waals surface area contributed by atoms with Gasteiger partial charge in [-0.05, 0) is 35.9 Å². The van der Waals surface area contributed by atoms with E-state index in [0.717, 1.165) is 15.8 Å². The molecule has 6 nitrogen and oxygen atoms in total. The molecule has 1 aromatic heterocycles. The van der Waals surface area contributed by atoms with Crippen molar-refractivity contribution >= 4 is 21.9 Å². The molecule has 1 heterocycles. The maximum atomic E-state index is 10.8. The van der Waals surface area contributed by atoms with Crippen molar-refractivity contribution in [2.24, 2.45) is 0 Å². The molecule has 2 aromatic carbocycles. The minimum absolute atomic E-state index is 0.425. The predicted octanol–water partition coefficient (Wildman–Crippen LogP) is 4.17. The molecule has 134 valence electrons. The average Bonchev–Trinajstić information content (AvgIpc) is 3.09. The van der Waals surface area contributed by atoms with Crippen LogP contribution in [-0.4, -0.2) is 29.8 Å². The number of nitrogens with zero attached hydrogens (tertiary/aromatic N) is 1. The maximum Gasteiger partial charge on any atom is 0.341 e. The van der Waals surface area contributed by atoms with E-state index >= 15 is 0 Å². The summed E-state index contributed by atoms with van der Waals surface area (Å²) in [5.74, 6) is 0.727. The Morgan fingerprint density at radius 3 is 2.69 bits per heavy atom. The second kappa shape index (κ2) is 8.05. The van der Waals surface area contributed by atoms with Crippen LogP contribution in [-0.2, 0) is 11.2 Å². The third-order valence-electron chi connectivity index (χ3n) is 3.63. The number of hydrogen-bond acceptors (Lipinski definition) is 5. The van der Waals surface area contributed by atoms with Gasteiger partial charge in [0.1, 0.15) is 23.5 Å². The van der Waals surface area contributed by atoms with Gasteiger partial charge in [-0.15, -0.1) is 0 Å². The van der Waals surface area contributed by atoms with E-state index in [1.165, 1.54) is 6.26 Å². The normalized spacial score (nSPS) is 10.5. The van der Waals surface area contributed by atoms with Gasteiger partial charge >= 0.3 is 5.97 Å². The highest BCUT2D eigenvalue weighted by Crippen LogP contribution is 2.32. The van der Waals surface area contributed by atoms with E-state index in [9.17, 15) is 4.79 Å². The van der Waals surface area contributed by atoms with Crippen LogP contribution >= 0.6 is 15.9 Å². The molecule has 0 unspecified atom stereocenters. The molecule has 26 heavy (non-hydrogen) atoms. The number of aromatic nitrogens is 1. The van der Waals surface area contributed by atoms with Crippen molar-refractivity contribution < 1.29 is 23.8 Å². The first-order chi connectivity index (χ1) is 12.5. The number of halogens is 1. The summed E-state index contributed by atoms with van der Waals surface area (Å²) in [6, 6.07) is 12.9. The van der Waals surface area contributed by atoms with Gasteiger partial charge in [0.25, 0.3) is 0 Å². The van der Waals surface area contributed by atoms with Gasteiger partial charge in [-0.3, -0.25) is 0 Å². The van der Waals surface area contributed by atoms with Gasteiger partial charge in [-0.2, -0.15) is 0 Å². The standard InChI is InChI=1S/C19H16BrNO5/c1-24-14-5-2-12(3-6-14)8-18-21-16(10-26-18)15-9-13(20)4-7-17(15)25-11-19(22)23/h2-7,9-10H,8,11H2,1H3,(H,22,23). The Morgan fingerprint density at radius 1 is 1.23 bits per heavy atom. The summed E-state index contributed by atoms with van der Waals surface area (Å²) in [4.78, 5) is 15.3. The molecule has 0 saturated carbocycles. The Morgan fingerprint density at radius 2 is 2.00 bits per heavy atom. The van der Waals surface area contributed by atoms with Crippen LogP contribution in [0, 0.1) is 0 Å². The molecule has 0 radical (unpaired) electrons. The van der Waals surface area contributed by atoms with Gasteiger partial charge in [0.15, 0.2) is 12.5 Å². The quantitative estimate of drug-likeness (QED) is 0.621. The molecule has 0 aliphatic carbocycles. The zero-order chi connectivity index (χ0) is 18.5. The molecular formula is C19H16BrNO5. The zero-order valence-corrected chi connectivity index (χ0v) is 15.5. The summed E-state index contributed by atoms with van der Waals surface area (Å²) in [5.41, 5.74) is 2.27. The first-order valence-corrected chi connectivity index (χ1v) is 8.56. The van der Waals surface area contributed by atoms with Gasteiger partial charge < -0.3 is 19.0 Å². The number of methoxy groups -OCH3 is 1. The Bertz CT molecular complexity index is 905. The molecule has 0 atom stereocenters. The lowest BCUT2D eigenvalue weighted by Crippen LogP contribution is -2.10. The zero-order valence-electron chi connectivity index (χ0n) is 13.9. The van der Waals surface area contributed by atoms with E-state index in [1.807, 2.05) is 30.3 Å². The summed E-state index contributed by atoms with van der Waals surface area (Å²) in [6.45, 7) is -0.425. The van der Waals surface area contributed by atoms with Crippen LogP contribution in [0.15, 0.2) is 57.6 Å². The van der Waals surface area contributed by atoms with Gasteiger partial charge in [0.05, 0.1) is 7.11 Å². The molecule has 0 fully saturated rings. The highest BCUT2D eigenvalue weighted by molar-refractivity contribution is 9.10. The van der Waals surface area contributed by atoms with Crippen LogP contribution < -0.4 is 9.47 Å². The number of ether oxygens (including phenoxy) is 2. The molecule has 0 aliphatic heterocycles. The number of oxazole rings is 1. The molecule has 0 aliphatic rings. The van der Waals surface area contributed by atoms with Crippen LogP contribution in [0.5, 0.6) is 11.5 Å². The SMILES string of the molecule is COc1ccc(Cc2nc(-c3cc(Br)ccc3OCC(=O)O)co2)cc1. The third kappa shape index (κ3) is 4.43. The summed E-state index contributed by atoms with van der Waals surface area (Å²) < 4.78 is 16.9. The number of rotatable bonds is 7. The minimum atomic E-state index is -1.04. The highest BCUT2D eigenvalue weighted by atomic mass is 79.9. The molecule has 0 bridgehead atoms. The average molecular weight is 418 g/mol. The third-order valence-corrected chi connectivity index (χ3v) is 4.13. The number of carboxylic acids is 1. The lowest BCUT2D eigenvalue weighted by molar-refractivity contribution is -0.139. The van der Waals surface area contributed by atoms with Crippen molar-refractivity contribution in [2.45, 2.75) is 6.42 Å². The van der Waals surface area contributed by atoms with Crippen LogP contribution in [0.1, 0.15) is 11.5 Å². The fourth-order valence-electron chi connectivity index (χ4n) is 2.40. The van der Waals surface area contributed by atoms with E-state index in [4.69, 9.17) is 19.0 Å². The van der Waals surface area contributed by atoms with E-state index in [1.54, 1.807) is 19.2 Å². The van der Waals surface area contributed by atoms with Gasteiger partial charge in [-0.1, -0.05) is 28.1 Å². The second-order valence-electron chi connectivity index (χ2n) is 5.47. The topological polar surface area (TPSA) is 81.8 Å². The number of hydrogen-bond donors (Lipinski definition) is 1. The molecule has 0 amide bonds. The fourth-order valence-corrected chi connectivity index (χ4v) is 2.76. The first kappa shape index (κ1) is 18.0. The maximum absolute atomic E-state index is 10.8. The van der Waals surface area contributed by atoms with E-state index < -0.39 is 12.6 Å². The molecule has 0 spiro atoms. The number of benzene rings is 2. The Balaban J connectivity index is 1.82. The minimum Gasteiger partial charge on any atom is -0.497 e. The van der Waals surface area contributed by atoms with Crippen LogP contribution in [0.4, 0.5) is 0 Å². The number of carbonyl (C=O) groups is 1. The smallest absolute Gasteiger partial charge is 0.341 e. The van der Waals surface area contributed by atoms with Crippen molar-refractivity contribution in [3.05, 3.63) is 64.7 Å². The van der Waals surface area contributed by atoms with Crippen molar-refractivity contribution in [3.8, 4) is 22.8 Å². The summed E-state index contributed by atoms with van der Waals surface area (Å²) in [6.07, 6.45) is 2.07. The van der Waals surface area contributed by atoms with Crippen LogP contribution in [0.2, 0.25) is 0 Å². The van der Waals surface area contributed by atoms with Crippen LogP contribution in [0.25, 0.3) is 11.3 Å². The summed E-state index contributed by atoms with van der Waals surface area (Å²) in [7, 11) is 1.62. The lowest BCUT2D eigenvalue weighted by Gasteiger charge is -2.08. The van der Waals surface area contributed by atoms with Gasteiger partial charge in [0, 0.05) is 16.5 Å². The molecular weight excluding hydrogens is 402 g/mol. The van der Waals surface area contributed by atoms with E-state index in [0.29, 0.717) is 29.3 Å². The monoisotopic (exact) mass is 417 g/mol. The van der Waals surface area contributed by atoms with Crippen molar-refractivity contribution in [1.29, 1.82) is 0 Å². The number of carboxylic acid groups (broad SMARTS) is 1. The fraction of sp³-hybridized carbons (Fsp3) is 0.158. The number of aliphatic carboxylic acids is 1. The lowest BCUT2D eigenvalue weighted by atomic mass is 10.1. The molecule has 7 heteroatoms. The van der Waals surface area contributed by atoms with Crippen molar-refractivity contribution in [2.75, 3.05) is 13.7 Å². The van der Waals surface area contributed by atoms with Gasteiger partial charge in [0.2, 0.25) is 0 Å².